The molecule has 2 N–H and O–H groups in total. The van der Waals surface area contributed by atoms with Crippen molar-refractivity contribution >= 4 is 0 Å². The van der Waals surface area contributed by atoms with Crippen molar-refractivity contribution in [3.63, 3.8) is 0 Å². The van der Waals surface area contributed by atoms with Crippen molar-refractivity contribution in [3.05, 3.63) is 131 Å². The highest BCUT2D eigenvalue weighted by molar-refractivity contribution is 5.29. The molecule has 1 atom stereocenters. The number of rotatable bonds is 10. The van der Waals surface area contributed by atoms with Crippen molar-refractivity contribution in [2.75, 3.05) is 13.1 Å². The molecule has 0 saturated carbocycles. The Morgan fingerprint density at radius 2 is 1.05 bits per heavy atom. The van der Waals surface area contributed by atoms with Crippen LogP contribution in [0, 0.1) is 0 Å². The lowest BCUT2D eigenvalue weighted by molar-refractivity contribution is -0.958. The Balaban J connectivity index is 1.22. The Bertz CT molecular complexity index is 1140. The second-order valence-corrected chi connectivity index (χ2v) is 10.3. The van der Waals surface area contributed by atoms with E-state index in [1.807, 2.05) is 36.4 Å². The van der Waals surface area contributed by atoms with Crippen LogP contribution in [0.5, 0.6) is 11.5 Å². The van der Waals surface area contributed by atoms with E-state index in [4.69, 9.17) is 15.2 Å². The smallest absolute Gasteiger partial charge is 0.119 e. The molecule has 4 nitrogen and oxygen atoms in total. The first kappa shape index (κ1) is 25.1. The van der Waals surface area contributed by atoms with Crippen LogP contribution in [0.3, 0.4) is 0 Å². The van der Waals surface area contributed by atoms with E-state index >= 15 is 0 Å². The van der Waals surface area contributed by atoms with Gasteiger partial charge in [0, 0.05) is 11.1 Å². The molecule has 1 aliphatic heterocycles. The van der Waals surface area contributed by atoms with Gasteiger partial charge in [0.05, 0.1) is 19.1 Å². The number of quaternary nitrogens is 1. The van der Waals surface area contributed by atoms with Gasteiger partial charge in [-0.2, -0.15) is 0 Å². The lowest BCUT2D eigenvalue weighted by Crippen LogP contribution is -2.56. The minimum Gasteiger partial charge on any atom is -0.489 e. The van der Waals surface area contributed by atoms with Crippen LogP contribution in [0.1, 0.15) is 35.1 Å². The summed E-state index contributed by atoms with van der Waals surface area (Å²) in [6, 6.07) is 38.0. The molecule has 5 rings (SSSR count). The van der Waals surface area contributed by atoms with Gasteiger partial charge in [-0.3, -0.25) is 0 Å². The molecule has 1 fully saturated rings. The predicted molar refractivity (Wildman–Crippen MR) is 149 cm³/mol. The summed E-state index contributed by atoms with van der Waals surface area (Å²) in [7, 11) is 0. The minimum atomic E-state index is 0.246. The number of likely N-dealkylation sites (tertiary alicyclic amines) is 1. The fraction of sp³-hybridized carbons (Fsp3) is 0.273. The molecule has 37 heavy (non-hydrogen) atoms. The molecular formula is C33H37N2O2+. The van der Waals surface area contributed by atoms with Gasteiger partial charge in [-0.25, -0.2) is 0 Å². The summed E-state index contributed by atoms with van der Waals surface area (Å²) >= 11 is 0. The molecule has 1 unspecified atom stereocenters. The molecule has 4 aromatic carbocycles. The van der Waals surface area contributed by atoms with Crippen LogP contribution in [0.2, 0.25) is 0 Å². The van der Waals surface area contributed by atoms with Crippen LogP contribution in [0.15, 0.2) is 109 Å². The van der Waals surface area contributed by atoms with E-state index in [0.29, 0.717) is 13.2 Å². The summed E-state index contributed by atoms with van der Waals surface area (Å²) in [5, 5.41) is 0. The summed E-state index contributed by atoms with van der Waals surface area (Å²) in [5.41, 5.74) is 11.5. The van der Waals surface area contributed by atoms with Crippen LogP contribution < -0.4 is 15.2 Å². The number of nitrogens with two attached hydrogens (primary N) is 1. The molecule has 0 bridgehead atoms. The highest BCUT2D eigenvalue weighted by atomic mass is 16.5. The summed E-state index contributed by atoms with van der Waals surface area (Å²) in [6.07, 6.45) is 2.27. The van der Waals surface area contributed by atoms with Crippen LogP contribution in [-0.4, -0.2) is 23.6 Å². The van der Waals surface area contributed by atoms with E-state index < -0.39 is 0 Å². The quantitative estimate of drug-likeness (QED) is 0.257. The zero-order valence-corrected chi connectivity index (χ0v) is 21.5. The number of nitrogens with zero attached hydrogens (tertiary/aromatic N) is 1. The molecule has 1 aliphatic rings. The number of hydrogen-bond acceptors (Lipinski definition) is 3. The maximum absolute atomic E-state index is 6.50. The highest BCUT2D eigenvalue weighted by Gasteiger charge is 2.34. The fourth-order valence-electron chi connectivity index (χ4n) is 5.35. The lowest BCUT2D eigenvalue weighted by atomic mass is 10.00. The van der Waals surface area contributed by atoms with Crippen LogP contribution in [0.25, 0.3) is 0 Å². The average molecular weight is 494 g/mol. The van der Waals surface area contributed by atoms with E-state index in [1.54, 1.807) is 0 Å². The standard InChI is InChI=1S/C33H37N2O2/c34-31-12-7-21-35(24-31,22-27-13-17-32(18-14-27)36-25-29-8-3-1-4-9-29)23-28-15-19-33(20-16-28)37-26-30-10-5-2-6-11-30/h1-6,8-11,13-20,31H,7,12,21-26,34H2/q+1. The number of hydrogen-bond donors (Lipinski definition) is 1. The molecule has 4 aromatic rings. The van der Waals surface area contributed by atoms with Crippen molar-refractivity contribution in [2.45, 2.75) is 45.2 Å². The van der Waals surface area contributed by atoms with Gasteiger partial charge in [0.1, 0.15) is 37.8 Å². The largest absolute Gasteiger partial charge is 0.489 e. The minimum absolute atomic E-state index is 0.246. The summed E-state index contributed by atoms with van der Waals surface area (Å²) in [6.45, 7) is 5.25. The van der Waals surface area contributed by atoms with E-state index in [1.165, 1.54) is 22.3 Å². The van der Waals surface area contributed by atoms with Crippen LogP contribution in [0.4, 0.5) is 0 Å². The molecule has 0 spiro atoms. The first-order valence-electron chi connectivity index (χ1n) is 13.3. The summed E-state index contributed by atoms with van der Waals surface area (Å²) in [4.78, 5) is 0. The highest BCUT2D eigenvalue weighted by Crippen LogP contribution is 2.28. The zero-order chi connectivity index (χ0) is 25.3. The third-order valence-electron chi connectivity index (χ3n) is 7.21. The number of benzene rings is 4. The maximum Gasteiger partial charge on any atom is 0.119 e. The average Bonchev–Trinajstić information content (AvgIpc) is 2.93. The second-order valence-electron chi connectivity index (χ2n) is 10.3. The van der Waals surface area contributed by atoms with Gasteiger partial charge < -0.3 is 19.7 Å². The van der Waals surface area contributed by atoms with Gasteiger partial charge in [-0.1, -0.05) is 60.7 Å². The van der Waals surface area contributed by atoms with Gasteiger partial charge >= 0.3 is 0 Å². The van der Waals surface area contributed by atoms with Gasteiger partial charge in [-0.05, 0) is 72.5 Å². The monoisotopic (exact) mass is 493 g/mol. The van der Waals surface area contributed by atoms with Gasteiger partial charge in [0.25, 0.3) is 0 Å². The molecule has 190 valence electrons. The maximum atomic E-state index is 6.50. The normalized spacial score (nSPS) is 16.7. The van der Waals surface area contributed by atoms with E-state index in [0.717, 1.165) is 55.0 Å². The van der Waals surface area contributed by atoms with Crippen molar-refractivity contribution in [3.8, 4) is 11.5 Å². The molecule has 4 heteroatoms. The molecule has 1 saturated heterocycles. The first-order chi connectivity index (χ1) is 18.2. The summed E-state index contributed by atoms with van der Waals surface area (Å²) < 4.78 is 13.0. The first-order valence-corrected chi connectivity index (χ1v) is 13.3. The number of piperidine rings is 1. The Hall–Kier alpha value is -3.60. The third kappa shape index (κ3) is 7.22. The fourth-order valence-corrected chi connectivity index (χ4v) is 5.35. The summed E-state index contributed by atoms with van der Waals surface area (Å²) in [5.74, 6) is 1.81. The molecular weight excluding hydrogens is 456 g/mol. The van der Waals surface area contributed by atoms with E-state index in [2.05, 4.69) is 72.8 Å². The van der Waals surface area contributed by atoms with Gasteiger partial charge in [-0.15, -0.1) is 0 Å². The van der Waals surface area contributed by atoms with Gasteiger partial charge in [0.15, 0.2) is 0 Å². The Morgan fingerprint density at radius 3 is 1.49 bits per heavy atom. The molecule has 1 heterocycles. The molecule has 0 aliphatic carbocycles. The van der Waals surface area contributed by atoms with Crippen molar-refractivity contribution in [2.24, 2.45) is 5.73 Å². The molecule has 0 radical (unpaired) electrons. The van der Waals surface area contributed by atoms with E-state index in [-0.39, 0.29) is 6.04 Å². The number of ether oxygens (including phenoxy) is 2. The van der Waals surface area contributed by atoms with E-state index in [9.17, 15) is 0 Å². The molecule has 0 aromatic heterocycles. The van der Waals surface area contributed by atoms with Gasteiger partial charge in [0.2, 0.25) is 0 Å². The van der Waals surface area contributed by atoms with Crippen molar-refractivity contribution < 1.29 is 14.0 Å². The zero-order valence-electron chi connectivity index (χ0n) is 21.5. The lowest BCUT2D eigenvalue weighted by Gasteiger charge is -2.44. The van der Waals surface area contributed by atoms with Crippen LogP contribution in [-0.2, 0) is 26.3 Å². The Morgan fingerprint density at radius 1 is 0.595 bits per heavy atom. The van der Waals surface area contributed by atoms with Crippen LogP contribution >= 0.6 is 0 Å². The Labute approximate surface area is 220 Å². The second kappa shape index (κ2) is 12.1. The SMILES string of the molecule is NC1CCC[N+](Cc2ccc(OCc3ccccc3)cc2)(Cc2ccc(OCc3ccccc3)cc2)C1. The third-order valence-corrected chi connectivity index (χ3v) is 7.21. The predicted octanol–water partition coefficient (Wildman–Crippen LogP) is 6.48. The van der Waals surface area contributed by atoms with Crippen molar-refractivity contribution in [1.82, 2.24) is 0 Å². The molecule has 0 amide bonds. The Kier molecular flexibility index (Phi) is 8.19. The topological polar surface area (TPSA) is 44.5 Å². The van der Waals surface area contributed by atoms with Crippen molar-refractivity contribution in [1.29, 1.82) is 0 Å².